The fourth-order valence-electron chi connectivity index (χ4n) is 1.69. The van der Waals surface area contributed by atoms with Gasteiger partial charge in [0.1, 0.15) is 5.82 Å². The molecule has 0 saturated heterocycles. The van der Waals surface area contributed by atoms with Crippen LogP contribution in [0.2, 0.25) is 0 Å². The van der Waals surface area contributed by atoms with Crippen LogP contribution in [0.3, 0.4) is 0 Å². The van der Waals surface area contributed by atoms with Gasteiger partial charge in [-0.25, -0.2) is 18.2 Å². The Balaban J connectivity index is 2.29. The van der Waals surface area contributed by atoms with E-state index in [1.54, 1.807) is 10.8 Å². The van der Waals surface area contributed by atoms with Gasteiger partial charge in [0.15, 0.2) is 17.5 Å². The monoisotopic (exact) mass is 256 g/mol. The van der Waals surface area contributed by atoms with E-state index in [2.05, 4.69) is 4.98 Å². The molecule has 1 aromatic carbocycles. The van der Waals surface area contributed by atoms with Crippen LogP contribution in [-0.4, -0.2) is 21.3 Å². The molecule has 0 spiro atoms. The highest BCUT2D eigenvalue weighted by Crippen LogP contribution is 2.17. The molecule has 18 heavy (non-hydrogen) atoms. The normalized spacial score (nSPS) is 10.9. The molecule has 0 aliphatic rings. The molecule has 0 radical (unpaired) electrons. The van der Waals surface area contributed by atoms with E-state index in [1.807, 2.05) is 0 Å². The molecule has 2 aromatic rings. The second kappa shape index (κ2) is 5.22. The van der Waals surface area contributed by atoms with Gasteiger partial charge in [-0.05, 0) is 11.6 Å². The number of imidazole rings is 1. The molecule has 1 aromatic heterocycles. The van der Waals surface area contributed by atoms with Gasteiger partial charge in [0, 0.05) is 25.4 Å². The summed E-state index contributed by atoms with van der Waals surface area (Å²) in [6.45, 7) is 0.240. The van der Waals surface area contributed by atoms with Crippen LogP contribution in [0.25, 0.3) is 0 Å². The van der Waals surface area contributed by atoms with Crippen molar-refractivity contribution in [1.29, 1.82) is 0 Å². The summed E-state index contributed by atoms with van der Waals surface area (Å²) >= 11 is 0. The topological polar surface area (TPSA) is 38.0 Å². The second-order valence-electron chi connectivity index (χ2n) is 3.77. The van der Waals surface area contributed by atoms with Gasteiger partial charge >= 0.3 is 0 Å². The van der Waals surface area contributed by atoms with Crippen molar-refractivity contribution < 1.29 is 18.3 Å². The largest absolute Gasteiger partial charge is 0.395 e. The minimum absolute atomic E-state index is 0.0271. The third kappa shape index (κ3) is 2.38. The smallest absolute Gasteiger partial charge is 0.194 e. The van der Waals surface area contributed by atoms with Gasteiger partial charge in [0.05, 0.1) is 6.61 Å². The summed E-state index contributed by atoms with van der Waals surface area (Å²) < 4.78 is 40.9. The summed E-state index contributed by atoms with van der Waals surface area (Å²) in [5.74, 6) is -3.41. The quantitative estimate of drug-likeness (QED) is 0.848. The van der Waals surface area contributed by atoms with Gasteiger partial charge in [-0.1, -0.05) is 6.07 Å². The zero-order chi connectivity index (χ0) is 13.1. The Morgan fingerprint density at radius 1 is 1.17 bits per heavy atom. The first-order valence-electron chi connectivity index (χ1n) is 5.36. The first kappa shape index (κ1) is 12.6. The molecule has 0 amide bonds. The van der Waals surface area contributed by atoms with Gasteiger partial charge in [0.2, 0.25) is 0 Å². The Morgan fingerprint density at radius 2 is 1.94 bits per heavy atom. The lowest BCUT2D eigenvalue weighted by Gasteiger charge is -2.07. The van der Waals surface area contributed by atoms with E-state index in [-0.39, 0.29) is 18.6 Å². The molecule has 1 heterocycles. The van der Waals surface area contributed by atoms with Gasteiger partial charge in [-0.3, -0.25) is 0 Å². The fraction of sp³-hybridized carbons (Fsp3) is 0.250. The zero-order valence-electron chi connectivity index (χ0n) is 9.41. The van der Waals surface area contributed by atoms with Crippen molar-refractivity contribution in [2.24, 2.45) is 0 Å². The summed E-state index contributed by atoms with van der Waals surface area (Å²) in [4.78, 5) is 3.99. The molecule has 2 rings (SSSR count). The van der Waals surface area contributed by atoms with E-state index >= 15 is 0 Å². The summed E-state index contributed by atoms with van der Waals surface area (Å²) in [6.07, 6.45) is 3.17. The lowest BCUT2D eigenvalue weighted by Crippen LogP contribution is -2.08. The van der Waals surface area contributed by atoms with Crippen LogP contribution >= 0.6 is 0 Å². The number of benzene rings is 1. The molecular formula is C12H11F3N2O. The number of nitrogens with zero attached hydrogens (tertiary/aromatic N) is 2. The van der Waals surface area contributed by atoms with Crippen molar-refractivity contribution in [2.45, 2.75) is 13.0 Å². The van der Waals surface area contributed by atoms with Crippen molar-refractivity contribution in [3.63, 3.8) is 0 Å². The van der Waals surface area contributed by atoms with Crippen LogP contribution in [0, 0.1) is 17.5 Å². The van der Waals surface area contributed by atoms with E-state index < -0.39 is 17.5 Å². The predicted molar refractivity (Wildman–Crippen MR) is 58.4 cm³/mol. The lowest BCUT2D eigenvalue weighted by molar-refractivity contribution is 0.274. The maximum Gasteiger partial charge on any atom is 0.194 e. The summed E-state index contributed by atoms with van der Waals surface area (Å²) in [5.41, 5.74) is 0.0271. The van der Waals surface area contributed by atoms with Gasteiger partial charge in [-0.2, -0.15) is 0 Å². The first-order chi connectivity index (χ1) is 8.63. The van der Waals surface area contributed by atoms with Crippen LogP contribution in [0.1, 0.15) is 11.4 Å². The molecule has 0 saturated carbocycles. The maximum atomic E-state index is 13.5. The minimum Gasteiger partial charge on any atom is -0.395 e. The number of aliphatic hydroxyl groups excluding tert-OH is 1. The number of hydrogen-bond acceptors (Lipinski definition) is 2. The third-order valence-corrected chi connectivity index (χ3v) is 2.61. The Hall–Kier alpha value is -1.82. The van der Waals surface area contributed by atoms with E-state index in [9.17, 15) is 13.2 Å². The van der Waals surface area contributed by atoms with E-state index in [0.29, 0.717) is 12.4 Å². The Labute approximate surface area is 102 Å². The molecule has 0 fully saturated rings. The van der Waals surface area contributed by atoms with E-state index in [1.165, 1.54) is 12.3 Å². The fourth-order valence-corrected chi connectivity index (χ4v) is 1.69. The second-order valence-corrected chi connectivity index (χ2v) is 3.77. The molecule has 0 atom stereocenters. The van der Waals surface area contributed by atoms with Crippen molar-refractivity contribution >= 4 is 0 Å². The molecular weight excluding hydrogens is 245 g/mol. The van der Waals surface area contributed by atoms with Crippen molar-refractivity contribution in [2.75, 3.05) is 6.61 Å². The van der Waals surface area contributed by atoms with Crippen molar-refractivity contribution in [1.82, 2.24) is 9.55 Å². The van der Waals surface area contributed by atoms with Gasteiger partial charge in [-0.15, -0.1) is 0 Å². The van der Waals surface area contributed by atoms with E-state index in [0.717, 1.165) is 6.07 Å². The van der Waals surface area contributed by atoms with Crippen LogP contribution in [-0.2, 0) is 13.0 Å². The summed E-state index contributed by atoms with van der Waals surface area (Å²) in [5, 5.41) is 8.83. The molecule has 0 unspecified atom stereocenters. The zero-order valence-corrected chi connectivity index (χ0v) is 9.41. The number of aliphatic hydroxyl groups is 1. The van der Waals surface area contributed by atoms with Crippen LogP contribution in [0.5, 0.6) is 0 Å². The summed E-state index contributed by atoms with van der Waals surface area (Å²) in [7, 11) is 0. The standard InChI is InChI=1S/C12H11F3N2O/c13-9-2-1-8(11(14)12(9)15)7-10-16-3-4-17(10)5-6-18/h1-4,18H,5-7H2. The highest BCUT2D eigenvalue weighted by atomic mass is 19.2. The highest BCUT2D eigenvalue weighted by molar-refractivity contribution is 5.23. The first-order valence-corrected chi connectivity index (χ1v) is 5.36. The summed E-state index contributed by atoms with van der Waals surface area (Å²) in [6, 6.07) is 2.07. The molecule has 0 aliphatic heterocycles. The Bertz CT molecular complexity index is 554. The number of aromatic nitrogens is 2. The number of hydrogen-bond donors (Lipinski definition) is 1. The highest BCUT2D eigenvalue weighted by Gasteiger charge is 2.15. The molecule has 96 valence electrons. The van der Waals surface area contributed by atoms with Crippen LogP contribution in [0.15, 0.2) is 24.5 Å². The molecule has 3 nitrogen and oxygen atoms in total. The maximum absolute atomic E-state index is 13.5. The number of rotatable bonds is 4. The predicted octanol–water partition coefficient (Wildman–Crippen LogP) is 1.88. The Morgan fingerprint density at radius 3 is 2.67 bits per heavy atom. The SMILES string of the molecule is OCCn1ccnc1Cc1ccc(F)c(F)c1F. The van der Waals surface area contributed by atoms with Crippen molar-refractivity contribution in [3.8, 4) is 0 Å². The average Bonchev–Trinajstić information content (AvgIpc) is 2.78. The number of halogens is 3. The Kier molecular flexibility index (Phi) is 3.66. The third-order valence-electron chi connectivity index (χ3n) is 2.61. The lowest BCUT2D eigenvalue weighted by atomic mass is 10.1. The molecule has 1 N–H and O–H groups in total. The van der Waals surface area contributed by atoms with Crippen molar-refractivity contribution in [3.05, 3.63) is 53.4 Å². The van der Waals surface area contributed by atoms with Gasteiger partial charge in [0.25, 0.3) is 0 Å². The van der Waals surface area contributed by atoms with Crippen LogP contribution < -0.4 is 0 Å². The molecule has 0 aliphatic carbocycles. The van der Waals surface area contributed by atoms with Crippen LogP contribution in [0.4, 0.5) is 13.2 Å². The van der Waals surface area contributed by atoms with Gasteiger partial charge < -0.3 is 9.67 Å². The minimum atomic E-state index is -1.48. The molecule has 0 bridgehead atoms. The molecule has 6 heteroatoms. The van der Waals surface area contributed by atoms with E-state index in [4.69, 9.17) is 5.11 Å². The average molecular weight is 256 g/mol.